The first-order valence-electron chi connectivity index (χ1n) is 5.98. The Hall–Kier alpha value is -1.18. The van der Waals surface area contributed by atoms with Crippen LogP contribution in [0.2, 0.25) is 5.02 Å². The van der Waals surface area contributed by atoms with Crippen molar-refractivity contribution in [3.05, 3.63) is 29.3 Å². The fraction of sp³-hybridized carbons (Fsp3) is 0.429. The topological polar surface area (TPSA) is 52.9 Å². The molecular weight excluding hydrogens is 280 g/mol. The Morgan fingerprint density at radius 1 is 1.53 bits per heavy atom. The maximum atomic E-state index is 11.9. The Bertz CT molecular complexity index is 498. The molecule has 0 unspecified atom stereocenters. The number of carbonyl (C=O) groups is 1. The second-order valence-electron chi connectivity index (χ2n) is 4.74. The molecule has 0 heterocycles. The van der Waals surface area contributed by atoms with Gasteiger partial charge in [-0.2, -0.15) is 5.26 Å². The molecule has 0 aliphatic heterocycles. The van der Waals surface area contributed by atoms with Gasteiger partial charge in [0.05, 0.1) is 16.8 Å². The molecule has 0 aliphatic carbocycles. The lowest BCUT2D eigenvalue weighted by Gasteiger charge is -2.27. The zero-order valence-corrected chi connectivity index (χ0v) is 12.8. The van der Waals surface area contributed by atoms with Gasteiger partial charge in [0.25, 0.3) is 0 Å². The van der Waals surface area contributed by atoms with Crippen molar-refractivity contribution in [3.63, 3.8) is 0 Å². The summed E-state index contributed by atoms with van der Waals surface area (Å²) >= 11 is 7.38. The summed E-state index contributed by atoms with van der Waals surface area (Å²) in [6, 6.07) is 9.53. The van der Waals surface area contributed by atoms with E-state index in [0.29, 0.717) is 5.02 Å². The first kappa shape index (κ1) is 15.9. The number of nitriles is 1. The summed E-state index contributed by atoms with van der Waals surface area (Å²) in [6.45, 7) is 5.55. The van der Waals surface area contributed by atoms with Gasteiger partial charge >= 0.3 is 0 Å². The van der Waals surface area contributed by atoms with E-state index in [1.165, 1.54) is 11.8 Å². The number of amides is 1. The molecule has 0 saturated carbocycles. The first-order chi connectivity index (χ1) is 8.89. The van der Waals surface area contributed by atoms with Crippen LogP contribution < -0.4 is 5.32 Å². The van der Waals surface area contributed by atoms with Crippen LogP contribution in [-0.2, 0) is 4.79 Å². The van der Waals surface area contributed by atoms with Crippen LogP contribution in [0.1, 0.15) is 20.8 Å². The summed E-state index contributed by atoms with van der Waals surface area (Å²) in [5.41, 5.74) is -0.835. The van der Waals surface area contributed by atoms with E-state index < -0.39 is 5.54 Å². The molecule has 5 heteroatoms. The smallest absolute Gasteiger partial charge is 0.231 e. The molecule has 0 saturated heterocycles. The molecule has 1 N–H and O–H groups in total. The van der Waals surface area contributed by atoms with E-state index in [0.717, 1.165) is 4.90 Å². The Morgan fingerprint density at radius 2 is 2.16 bits per heavy atom. The number of carbonyl (C=O) groups excluding carboxylic acids is 1. The molecule has 0 spiro atoms. The summed E-state index contributed by atoms with van der Waals surface area (Å²) in [6.07, 6.45) is 0. The molecule has 0 aliphatic rings. The Kier molecular flexibility index (Phi) is 5.71. The fourth-order valence-electron chi connectivity index (χ4n) is 1.33. The standard InChI is InChI=1S/C14H17ClN2OS/c1-10(2)14(3,9-16)17-13(18)8-19-12-7-5-4-6-11(12)15/h4-7,10H,8H2,1-3H3,(H,17,18)/t14-/m1/s1. The van der Waals surface area contributed by atoms with E-state index in [2.05, 4.69) is 11.4 Å². The number of nitrogens with one attached hydrogen (secondary N) is 1. The molecule has 102 valence electrons. The van der Waals surface area contributed by atoms with Crippen LogP contribution in [0.3, 0.4) is 0 Å². The highest BCUT2D eigenvalue weighted by Gasteiger charge is 2.29. The number of thioether (sulfide) groups is 1. The van der Waals surface area contributed by atoms with Gasteiger partial charge in [-0.3, -0.25) is 4.79 Å². The quantitative estimate of drug-likeness (QED) is 0.846. The molecule has 1 rings (SSSR count). The molecule has 19 heavy (non-hydrogen) atoms. The van der Waals surface area contributed by atoms with Crippen LogP contribution in [0.25, 0.3) is 0 Å². The second-order valence-corrected chi connectivity index (χ2v) is 6.16. The van der Waals surface area contributed by atoms with E-state index in [1.807, 2.05) is 32.0 Å². The molecule has 1 amide bonds. The van der Waals surface area contributed by atoms with Gasteiger partial charge in [0.1, 0.15) is 5.54 Å². The van der Waals surface area contributed by atoms with Gasteiger partial charge in [-0.05, 0) is 25.0 Å². The van der Waals surface area contributed by atoms with Crippen molar-refractivity contribution < 1.29 is 4.79 Å². The van der Waals surface area contributed by atoms with Gasteiger partial charge in [-0.25, -0.2) is 0 Å². The molecule has 1 aromatic carbocycles. The predicted octanol–water partition coefficient (Wildman–Crippen LogP) is 3.49. The zero-order valence-electron chi connectivity index (χ0n) is 11.2. The highest BCUT2D eigenvalue weighted by molar-refractivity contribution is 8.00. The highest BCUT2D eigenvalue weighted by atomic mass is 35.5. The fourth-order valence-corrected chi connectivity index (χ4v) is 2.37. The SMILES string of the molecule is CC(C)[C@@](C)(C#N)NC(=O)CSc1ccccc1Cl. The molecule has 1 atom stereocenters. The van der Waals surface area contributed by atoms with Crippen molar-refractivity contribution in [1.29, 1.82) is 5.26 Å². The number of halogens is 1. The van der Waals surface area contributed by atoms with E-state index in [-0.39, 0.29) is 17.6 Å². The summed E-state index contributed by atoms with van der Waals surface area (Å²) < 4.78 is 0. The molecule has 0 bridgehead atoms. The lowest BCUT2D eigenvalue weighted by molar-refractivity contribution is -0.120. The summed E-state index contributed by atoms with van der Waals surface area (Å²) in [4.78, 5) is 12.7. The van der Waals surface area contributed by atoms with Crippen LogP contribution in [-0.4, -0.2) is 17.2 Å². The molecule has 0 aromatic heterocycles. The monoisotopic (exact) mass is 296 g/mol. The van der Waals surface area contributed by atoms with Crippen molar-refractivity contribution in [3.8, 4) is 6.07 Å². The Labute approximate surface area is 123 Å². The van der Waals surface area contributed by atoms with Crippen LogP contribution in [0.5, 0.6) is 0 Å². The third kappa shape index (κ3) is 4.45. The van der Waals surface area contributed by atoms with Gasteiger partial charge in [0.2, 0.25) is 5.91 Å². The molecule has 3 nitrogen and oxygen atoms in total. The Morgan fingerprint density at radius 3 is 2.68 bits per heavy atom. The minimum atomic E-state index is -0.835. The van der Waals surface area contributed by atoms with E-state index in [9.17, 15) is 4.79 Å². The molecule has 1 aromatic rings. The maximum Gasteiger partial charge on any atom is 0.231 e. The normalized spacial score (nSPS) is 13.7. The van der Waals surface area contributed by atoms with Crippen molar-refractivity contribution >= 4 is 29.3 Å². The van der Waals surface area contributed by atoms with Gasteiger partial charge in [0.15, 0.2) is 0 Å². The number of hydrogen-bond acceptors (Lipinski definition) is 3. The van der Waals surface area contributed by atoms with Gasteiger partial charge in [0, 0.05) is 4.90 Å². The van der Waals surface area contributed by atoms with Crippen LogP contribution in [0.15, 0.2) is 29.2 Å². The van der Waals surface area contributed by atoms with Gasteiger partial charge in [-0.15, -0.1) is 11.8 Å². The predicted molar refractivity (Wildman–Crippen MR) is 79.2 cm³/mol. The third-order valence-electron chi connectivity index (χ3n) is 2.98. The summed E-state index contributed by atoms with van der Waals surface area (Å²) in [5, 5.41) is 12.5. The minimum Gasteiger partial charge on any atom is -0.337 e. The van der Waals surface area contributed by atoms with E-state index in [1.54, 1.807) is 13.0 Å². The number of nitrogens with zero attached hydrogens (tertiary/aromatic N) is 1. The molecular formula is C14H17ClN2OS. The van der Waals surface area contributed by atoms with Crippen LogP contribution >= 0.6 is 23.4 Å². The Balaban J connectivity index is 2.58. The van der Waals surface area contributed by atoms with Crippen molar-refractivity contribution in [1.82, 2.24) is 5.32 Å². The minimum absolute atomic E-state index is 0.0479. The van der Waals surface area contributed by atoms with E-state index >= 15 is 0 Å². The van der Waals surface area contributed by atoms with Crippen molar-refractivity contribution in [2.75, 3.05) is 5.75 Å². The third-order valence-corrected chi connectivity index (χ3v) is 4.50. The van der Waals surface area contributed by atoms with E-state index in [4.69, 9.17) is 16.9 Å². The number of rotatable bonds is 5. The van der Waals surface area contributed by atoms with Crippen molar-refractivity contribution in [2.45, 2.75) is 31.2 Å². The van der Waals surface area contributed by atoms with Crippen LogP contribution in [0, 0.1) is 17.2 Å². The number of hydrogen-bond donors (Lipinski definition) is 1. The summed E-state index contributed by atoms with van der Waals surface area (Å²) in [5.74, 6) is 0.128. The second kappa shape index (κ2) is 6.83. The van der Waals surface area contributed by atoms with Crippen molar-refractivity contribution in [2.24, 2.45) is 5.92 Å². The zero-order chi connectivity index (χ0) is 14.5. The lowest BCUT2D eigenvalue weighted by atomic mass is 9.90. The number of benzene rings is 1. The maximum absolute atomic E-state index is 11.9. The van der Waals surface area contributed by atoms with Gasteiger partial charge < -0.3 is 5.32 Å². The molecule has 0 fully saturated rings. The van der Waals surface area contributed by atoms with Crippen LogP contribution in [0.4, 0.5) is 0 Å². The average Bonchev–Trinajstić information content (AvgIpc) is 2.37. The molecule has 0 radical (unpaired) electrons. The average molecular weight is 297 g/mol. The van der Waals surface area contributed by atoms with Gasteiger partial charge in [-0.1, -0.05) is 37.6 Å². The first-order valence-corrected chi connectivity index (χ1v) is 7.35. The summed E-state index contributed by atoms with van der Waals surface area (Å²) in [7, 11) is 0. The largest absolute Gasteiger partial charge is 0.337 e. The highest BCUT2D eigenvalue weighted by Crippen LogP contribution is 2.26. The lowest BCUT2D eigenvalue weighted by Crippen LogP contribution is -2.49.